The number of nitrogens with one attached hydrogen (secondary N) is 1. The summed E-state index contributed by atoms with van der Waals surface area (Å²) in [7, 11) is 0. The second kappa shape index (κ2) is 8.46. The van der Waals surface area contributed by atoms with Gasteiger partial charge in [0.15, 0.2) is 5.43 Å². The molecule has 0 saturated heterocycles. The van der Waals surface area contributed by atoms with Gasteiger partial charge in [0.2, 0.25) is 0 Å². The molecule has 0 radical (unpaired) electrons. The van der Waals surface area contributed by atoms with Gasteiger partial charge in [-0.3, -0.25) is 9.59 Å². The number of halogens is 2. The predicted octanol–water partition coefficient (Wildman–Crippen LogP) is 6.36. The van der Waals surface area contributed by atoms with Crippen LogP contribution in [0.2, 0.25) is 5.02 Å². The highest BCUT2D eigenvalue weighted by Gasteiger charge is 2.20. The van der Waals surface area contributed by atoms with Crippen LogP contribution in [-0.4, -0.2) is 10.5 Å². The van der Waals surface area contributed by atoms with Gasteiger partial charge in [0.25, 0.3) is 5.91 Å². The first-order valence-corrected chi connectivity index (χ1v) is 10.6. The van der Waals surface area contributed by atoms with Gasteiger partial charge in [-0.1, -0.05) is 57.9 Å². The van der Waals surface area contributed by atoms with E-state index < -0.39 is 0 Å². The van der Waals surface area contributed by atoms with Crippen LogP contribution in [0, 0.1) is 0 Å². The van der Waals surface area contributed by atoms with Gasteiger partial charge in [-0.15, -0.1) is 0 Å². The SMILES string of the molecule is CCn1c(NC(=O)c2cccc(Br)c2)c(-c2ccc(Cl)cc2)c(=O)c2ccccc21. The number of fused-ring (bicyclic) bond motifs is 1. The van der Waals surface area contributed by atoms with Crippen molar-refractivity contribution in [3.8, 4) is 11.1 Å². The van der Waals surface area contributed by atoms with Crippen LogP contribution in [0.5, 0.6) is 0 Å². The third kappa shape index (κ3) is 3.78. The molecule has 0 unspecified atom stereocenters. The van der Waals surface area contributed by atoms with Crippen LogP contribution in [-0.2, 0) is 6.54 Å². The maximum Gasteiger partial charge on any atom is 0.256 e. The van der Waals surface area contributed by atoms with E-state index in [-0.39, 0.29) is 11.3 Å². The molecular weight excluding hydrogens is 464 g/mol. The van der Waals surface area contributed by atoms with Crippen molar-refractivity contribution in [3.05, 3.63) is 98.1 Å². The zero-order valence-corrected chi connectivity index (χ0v) is 18.5. The van der Waals surface area contributed by atoms with E-state index in [0.717, 1.165) is 9.99 Å². The summed E-state index contributed by atoms with van der Waals surface area (Å²) in [5, 5.41) is 4.17. The van der Waals surface area contributed by atoms with Crippen LogP contribution in [0.1, 0.15) is 17.3 Å². The third-order valence-electron chi connectivity index (χ3n) is 4.94. The van der Waals surface area contributed by atoms with Crippen molar-refractivity contribution < 1.29 is 4.79 Å². The molecule has 1 N–H and O–H groups in total. The van der Waals surface area contributed by atoms with Gasteiger partial charge < -0.3 is 9.88 Å². The Morgan fingerprint density at radius 1 is 1.03 bits per heavy atom. The summed E-state index contributed by atoms with van der Waals surface area (Å²) in [4.78, 5) is 26.5. The molecule has 6 heteroatoms. The zero-order valence-electron chi connectivity index (χ0n) is 16.2. The van der Waals surface area contributed by atoms with Crippen molar-refractivity contribution in [3.63, 3.8) is 0 Å². The standard InChI is InChI=1S/C24H18BrClN2O2/c1-2-28-20-9-4-3-8-19(20)22(29)21(15-10-12-18(26)13-11-15)23(28)27-24(30)16-6-5-7-17(25)14-16/h3-14H,2H2,1H3,(H,27,30). The van der Waals surface area contributed by atoms with E-state index in [1.165, 1.54) is 0 Å². The molecule has 0 saturated carbocycles. The van der Waals surface area contributed by atoms with Crippen molar-refractivity contribution in [1.82, 2.24) is 4.57 Å². The van der Waals surface area contributed by atoms with E-state index in [0.29, 0.717) is 39.5 Å². The van der Waals surface area contributed by atoms with Crippen LogP contribution >= 0.6 is 27.5 Å². The summed E-state index contributed by atoms with van der Waals surface area (Å²) < 4.78 is 2.76. The number of nitrogens with zero attached hydrogens (tertiary/aromatic N) is 1. The lowest BCUT2D eigenvalue weighted by Gasteiger charge is -2.20. The molecule has 4 nitrogen and oxygen atoms in total. The number of carbonyl (C=O) groups is 1. The molecule has 0 atom stereocenters. The van der Waals surface area contributed by atoms with Gasteiger partial charge in [-0.05, 0) is 55.0 Å². The number of aryl methyl sites for hydroxylation is 1. The minimum atomic E-state index is -0.289. The first-order chi connectivity index (χ1) is 14.5. The van der Waals surface area contributed by atoms with E-state index in [4.69, 9.17) is 11.6 Å². The quantitative estimate of drug-likeness (QED) is 0.369. The molecule has 0 aliphatic carbocycles. The molecular formula is C24H18BrClN2O2. The van der Waals surface area contributed by atoms with Gasteiger partial charge >= 0.3 is 0 Å². The van der Waals surface area contributed by atoms with Gasteiger partial charge in [0.05, 0.1) is 11.1 Å². The Bertz CT molecular complexity index is 1310. The minimum absolute atomic E-state index is 0.137. The number of aromatic nitrogens is 1. The van der Waals surface area contributed by atoms with Crippen LogP contribution in [0.3, 0.4) is 0 Å². The van der Waals surface area contributed by atoms with Crippen LogP contribution in [0.15, 0.2) is 82.1 Å². The maximum atomic E-state index is 13.5. The van der Waals surface area contributed by atoms with Gasteiger partial charge in [0.1, 0.15) is 5.82 Å². The molecule has 150 valence electrons. The number of benzene rings is 3. The number of anilines is 1. The van der Waals surface area contributed by atoms with Crippen LogP contribution < -0.4 is 10.7 Å². The van der Waals surface area contributed by atoms with Crippen LogP contribution in [0.4, 0.5) is 5.82 Å². The summed E-state index contributed by atoms with van der Waals surface area (Å²) >= 11 is 9.45. The lowest BCUT2D eigenvalue weighted by atomic mass is 10.0. The molecule has 0 aliphatic rings. The predicted molar refractivity (Wildman–Crippen MR) is 126 cm³/mol. The molecule has 0 bridgehead atoms. The first kappa shape index (κ1) is 20.4. The molecule has 1 aromatic heterocycles. The minimum Gasteiger partial charge on any atom is -0.327 e. The molecule has 0 spiro atoms. The lowest BCUT2D eigenvalue weighted by molar-refractivity contribution is 0.102. The van der Waals surface area contributed by atoms with E-state index in [2.05, 4.69) is 21.2 Å². The van der Waals surface area contributed by atoms with Gasteiger partial charge in [-0.25, -0.2) is 0 Å². The van der Waals surface area contributed by atoms with Gasteiger partial charge in [-0.2, -0.15) is 0 Å². The topological polar surface area (TPSA) is 51.1 Å². The van der Waals surface area contributed by atoms with E-state index in [9.17, 15) is 9.59 Å². The number of pyridine rings is 1. The number of amides is 1. The fourth-order valence-corrected chi connectivity index (χ4v) is 4.08. The van der Waals surface area contributed by atoms with Crippen molar-refractivity contribution in [2.45, 2.75) is 13.5 Å². The first-order valence-electron chi connectivity index (χ1n) is 9.48. The summed E-state index contributed by atoms with van der Waals surface area (Å²) in [6.45, 7) is 2.56. The number of hydrogen-bond acceptors (Lipinski definition) is 2. The molecule has 3 aromatic carbocycles. The number of hydrogen-bond donors (Lipinski definition) is 1. The lowest BCUT2D eigenvalue weighted by Crippen LogP contribution is -2.22. The summed E-state index contributed by atoms with van der Waals surface area (Å²) in [6, 6.07) is 21.6. The Morgan fingerprint density at radius 2 is 1.77 bits per heavy atom. The average Bonchev–Trinajstić information content (AvgIpc) is 2.75. The Balaban J connectivity index is 1.98. The Labute approximate surface area is 187 Å². The second-order valence-electron chi connectivity index (χ2n) is 6.79. The molecule has 4 aromatic rings. The number of rotatable bonds is 4. The Kier molecular flexibility index (Phi) is 5.75. The van der Waals surface area contributed by atoms with Crippen LogP contribution in [0.25, 0.3) is 22.0 Å². The third-order valence-corrected chi connectivity index (χ3v) is 5.69. The van der Waals surface area contributed by atoms with Gasteiger partial charge in [0, 0.05) is 27.0 Å². The van der Waals surface area contributed by atoms with Crippen molar-refractivity contribution in [2.75, 3.05) is 5.32 Å². The van der Waals surface area contributed by atoms with E-state index >= 15 is 0 Å². The molecule has 30 heavy (non-hydrogen) atoms. The Hall–Kier alpha value is -2.89. The highest BCUT2D eigenvalue weighted by molar-refractivity contribution is 9.10. The summed E-state index contributed by atoms with van der Waals surface area (Å²) in [5.74, 6) is 0.178. The molecule has 1 amide bonds. The summed E-state index contributed by atoms with van der Waals surface area (Å²) in [5.41, 5.74) is 2.27. The zero-order chi connectivity index (χ0) is 21.3. The Morgan fingerprint density at radius 3 is 2.47 bits per heavy atom. The smallest absolute Gasteiger partial charge is 0.256 e. The van der Waals surface area contributed by atoms with Crippen molar-refractivity contribution in [2.24, 2.45) is 0 Å². The van der Waals surface area contributed by atoms with Crippen molar-refractivity contribution in [1.29, 1.82) is 0 Å². The highest BCUT2D eigenvalue weighted by Crippen LogP contribution is 2.30. The fourth-order valence-electron chi connectivity index (χ4n) is 3.55. The second-order valence-corrected chi connectivity index (χ2v) is 8.14. The fraction of sp³-hybridized carbons (Fsp3) is 0.0833. The molecule has 1 heterocycles. The number of para-hydroxylation sites is 1. The highest BCUT2D eigenvalue weighted by atomic mass is 79.9. The largest absolute Gasteiger partial charge is 0.327 e. The normalized spacial score (nSPS) is 10.9. The van der Waals surface area contributed by atoms with Crippen molar-refractivity contribution >= 4 is 50.2 Å². The molecule has 4 rings (SSSR count). The van der Waals surface area contributed by atoms with E-state index in [1.807, 2.05) is 41.8 Å². The summed E-state index contributed by atoms with van der Waals surface area (Å²) in [6.07, 6.45) is 0. The monoisotopic (exact) mass is 480 g/mol. The molecule has 0 aliphatic heterocycles. The average molecular weight is 482 g/mol. The van der Waals surface area contributed by atoms with E-state index in [1.54, 1.807) is 42.5 Å². The number of carbonyl (C=O) groups excluding carboxylic acids is 1. The maximum absolute atomic E-state index is 13.5. The molecule has 0 fully saturated rings.